The molecule has 0 spiro atoms. The van der Waals surface area contributed by atoms with Gasteiger partial charge in [0.15, 0.2) is 0 Å². The number of aromatic nitrogens is 2. The Bertz CT molecular complexity index is 717. The van der Waals surface area contributed by atoms with Gasteiger partial charge in [0.25, 0.3) is 0 Å². The number of hydrogen-bond donors (Lipinski definition) is 1. The maximum absolute atomic E-state index is 12.5. The lowest BCUT2D eigenvalue weighted by Gasteiger charge is -2.28. The minimum atomic E-state index is 0.0688. The summed E-state index contributed by atoms with van der Waals surface area (Å²) in [5, 5.41) is 7.55. The third-order valence-corrected chi connectivity index (χ3v) is 5.25. The molecule has 2 aromatic rings. The summed E-state index contributed by atoms with van der Waals surface area (Å²) < 4.78 is 1.84. The van der Waals surface area contributed by atoms with Crippen molar-refractivity contribution in [2.24, 2.45) is 7.05 Å². The lowest BCUT2D eigenvalue weighted by atomic mass is 10.1. The molecule has 1 fully saturated rings. The van der Waals surface area contributed by atoms with Crippen molar-refractivity contribution in [1.29, 1.82) is 0 Å². The number of likely N-dealkylation sites (tertiary alicyclic amines) is 1. The first kappa shape index (κ1) is 17.7. The van der Waals surface area contributed by atoms with Crippen molar-refractivity contribution in [3.05, 3.63) is 52.8 Å². The number of benzene rings is 1. The minimum Gasteiger partial charge on any atom is -0.354 e. The highest BCUT2D eigenvalue weighted by atomic mass is 16.1. The maximum atomic E-state index is 12.5. The van der Waals surface area contributed by atoms with Crippen LogP contribution in [-0.2, 0) is 18.3 Å². The predicted octanol–water partition coefficient (Wildman–Crippen LogP) is 2.53. The Balaban J connectivity index is 1.65. The Labute approximate surface area is 150 Å². The fraction of sp³-hybridized carbons (Fsp3) is 0.500. The summed E-state index contributed by atoms with van der Waals surface area (Å²) in [6, 6.07) is 10.8. The zero-order valence-corrected chi connectivity index (χ0v) is 15.5. The molecule has 1 aromatic heterocycles. The summed E-state index contributed by atoms with van der Waals surface area (Å²) in [4.78, 5) is 15.0. The van der Waals surface area contributed by atoms with Crippen molar-refractivity contribution in [2.45, 2.75) is 39.2 Å². The van der Waals surface area contributed by atoms with Crippen molar-refractivity contribution < 1.29 is 4.79 Å². The van der Waals surface area contributed by atoms with E-state index in [4.69, 9.17) is 0 Å². The quantitative estimate of drug-likeness (QED) is 0.879. The van der Waals surface area contributed by atoms with Crippen LogP contribution < -0.4 is 5.32 Å². The number of carbonyl (C=O) groups is 1. The number of hydrogen-bond acceptors (Lipinski definition) is 3. The first-order valence-electron chi connectivity index (χ1n) is 9.11. The van der Waals surface area contributed by atoms with Crippen molar-refractivity contribution in [1.82, 2.24) is 20.0 Å². The number of nitrogens with zero attached hydrogens (tertiary/aromatic N) is 3. The number of rotatable bonds is 6. The highest BCUT2D eigenvalue weighted by molar-refractivity contribution is 5.79. The van der Waals surface area contributed by atoms with Gasteiger partial charge < -0.3 is 5.32 Å². The monoisotopic (exact) mass is 340 g/mol. The molecule has 2 heterocycles. The van der Waals surface area contributed by atoms with E-state index in [0.717, 1.165) is 30.0 Å². The van der Waals surface area contributed by atoms with E-state index < -0.39 is 0 Å². The van der Waals surface area contributed by atoms with Crippen LogP contribution in [-0.4, -0.2) is 40.2 Å². The molecule has 5 nitrogen and oxygen atoms in total. The largest absolute Gasteiger partial charge is 0.354 e. The van der Waals surface area contributed by atoms with E-state index in [1.807, 2.05) is 31.6 Å². The van der Waals surface area contributed by atoms with E-state index in [1.54, 1.807) is 0 Å². The SMILES string of the molecule is Cc1nn(C)c(C)c1CC(=O)NCC(c1ccccc1)N1CCCC1. The van der Waals surface area contributed by atoms with Crippen molar-refractivity contribution >= 4 is 5.91 Å². The molecule has 0 saturated carbocycles. The van der Waals surface area contributed by atoms with Crippen LogP contribution in [0.15, 0.2) is 30.3 Å². The Hall–Kier alpha value is -2.14. The summed E-state index contributed by atoms with van der Waals surface area (Å²) in [6.45, 7) is 6.85. The van der Waals surface area contributed by atoms with E-state index in [1.165, 1.54) is 18.4 Å². The highest BCUT2D eigenvalue weighted by Crippen LogP contribution is 2.24. The Morgan fingerprint density at radius 1 is 1.20 bits per heavy atom. The smallest absolute Gasteiger partial charge is 0.224 e. The molecule has 0 radical (unpaired) electrons. The maximum Gasteiger partial charge on any atom is 0.224 e. The standard InChI is InChI=1S/C20H28N4O/c1-15-18(16(2)23(3)22-15)13-20(25)21-14-19(24-11-7-8-12-24)17-9-5-4-6-10-17/h4-6,9-10,19H,7-8,11-14H2,1-3H3,(H,21,25). The molecule has 1 saturated heterocycles. The molecule has 1 aliphatic rings. The molecule has 1 N–H and O–H groups in total. The second-order valence-corrected chi connectivity index (χ2v) is 6.92. The van der Waals surface area contributed by atoms with Gasteiger partial charge in [0.05, 0.1) is 18.2 Å². The van der Waals surface area contributed by atoms with Crippen LogP contribution in [0.5, 0.6) is 0 Å². The van der Waals surface area contributed by atoms with E-state index in [9.17, 15) is 4.79 Å². The van der Waals surface area contributed by atoms with Gasteiger partial charge in [0, 0.05) is 24.8 Å². The molecule has 0 bridgehead atoms. The number of carbonyl (C=O) groups excluding carboxylic acids is 1. The molecular weight excluding hydrogens is 312 g/mol. The summed E-state index contributed by atoms with van der Waals surface area (Å²) in [5.74, 6) is 0.0688. The summed E-state index contributed by atoms with van der Waals surface area (Å²) in [7, 11) is 1.92. The number of aryl methyl sites for hydroxylation is 2. The molecule has 1 aromatic carbocycles. The molecule has 1 atom stereocenters. The predicted molar refractivity (Wildman–Crippen MR) is 99.4 cm³/mol. The molecule has 3 rings (SSSR count). The van der Waals surface area contributed by atoms with Crippen molar-refractivity contribution in [2.75, 3.05) is 19.6 Å². The molecule has 0 aliphatic carbocycles. The van der Waals surface area contributed by atoms with Gasteiger partial charge in [-0.2, -0.15) is 5.10 Å². The van der Waals surface area contributed by atoms with Gasteiger partial charge in [-0.05, 0) is 45.3 Å². The van der Waals surface area contributed by atoms with Gasteiger partial charge in [-0.1, -0.05) is 30.3 Å². The van der Waals surface area contributed by atoms with Crippen LogP contribution in [0, 0.1) is 13.8 Å². The first-order chi connectivity index (χ1) is 12.1. The average Bonchev–Trinajstić information content (AvgIpc) is 3.21. The molecule has 1 amide bonds. The van der Waals surface area contributed by atoms with Gasteiger partial charge in [0.1, 0.15) is 0 Å². The van der Waals surface area contributed by atoms with Gasteiger partial charge in [-0.15, -0.1) is 0 Å². The van der Waals surface area contributed by atoms with Gasteiger partial charge >= 0.3 is 0 Å². The zero-order chi connectivity index (χ0) is 17.8. The first-order valence-corrected chi connectivity index (χ1v) is 9.11. The number of amides is 1. The topological polar surface area (TPSA) is 50.2 Å². The van der Waals surface area contributed by atoms with Crippen LogP contribution in [0.2, 0.25) is 0 Å². The Morgan fingerprint density at radius 3 is 2.48 bits per heavy atom. The zero-order valence-electron chi connectivity index (χ0n) is 15.5. The van der Waals surface area contributed by atoms with E-state index in [0.29, 0.717) is 13.0 Å². The Morgan fingerprint density at radius 2 is 1.88 bits per heavy atom. The van der Waals surface area contributed by atoms with Crippen LogP contribution in [0.25, 0.3) is 0 Å². The third-order valence-electron chi connectivity index (χ3n) is 5.25. The molecule has 25 heavy (non-hydrogen) atoms. The van der Waals surface area contributed by atoms with Crippen LogP contribution in [0.4, 0.5) is 0 Å². The van der Waals surface area contributed by atoms with Gasteiger partial charge in [0.2, 0.25) is 5.91 Å². The summed E-state index contributed by atoms with van der Waals surface area (Å²) in [5.41, 5.74) is 4.32. The molecule has 1 unspecified atom stereocenters. The highest BCUT2D eigenvalue weighted by Gasteiger charge is 2.24. The van der Waals surface area contributed by atoms with Crippen LogP contribution in [0.3, 0.4) is 0 Å². The summed E-state index contributed by atoms with van der Waals surface area (Å²) >= 11 is 0. The third kappa shape index (κ3) is 4.10. The van der Waals surface area contributed by atoms with E-state index >= 15 is 0 Å². The fourth-order valence-electron chi connectivity index (χ4n) is 3.69. The van der Waals surface area contributed by atoms with E-state index in [-0.39, 0.29) is 11.9 Å². The lowest BCUT2D eigenvalue weighted by molar-refractivity contribution is -0.120. The minimum absolute atomic E-state index is 0.0688. The van der Waals surface area contributed by atoms with Gasteiger partial charge in [-0.25, -0.2) is 0 Å². The fourth-order valence-corrected chi connectivity index (χ4v) is 3.69. The normalized spacial score (nSPS) is 16.1. The second-order valence-electron chi connectivity index (χ2n) is 6.92. The average molecular weight is 340 g/mol. The number of nitrogens with one attached hydrogen (secondary N) is 1. The van der Waals surface area contributed by atoms with E-state index in [2.05, 4.69) is 39.6 Å². The van der Waals surface area contributed by atoms with Crippen molar-refractivity contribution in [3.63, 3.8) is 0 Å². The lowest BCUT2D eigenvalue weighted by Crippen LogP contribution is -2.37. The molecule has 5 heteroatoms. The van der Waals surface area contributed by atoms with Gasteiger partial charge in [-0.3, -0.25) is 14.4 Å². The Kier molecular flexibility index (Phi) is 5.53. The molecule has 134 valence electrons. The second kappa shape index (κ2) is 7.83. The van der Waals surface area contributed by atoms with Crippen molar-refractivity contribution in [3.8, 4) is 0 Å². The molecule has 1 aliphatic heterocycles. The summed E-state index contributed by atoms with van der Waals surface area (Å²) in [6.07, 6.45) is 2.88. The molecular formula is C20H28N4O. The van der Waals surface area contributed by atoms with Crippen LogP contribution >= 0.6 is 0 Å². The van der Waals surface area contributed by atoms with Crippen LogP contribution in [0.1, 0.15) is 41.4 Å².